The molecule has 9 nitrogen and oxygen atoms in total. The summed E-state index contributed by atoms with van der Waals surface area (Å²) in [5.74, 6) is 0. The second-order valence-electron chi connectivity index (χ2n) is 13.9. The van der Waals surface area contributed by atoms with Crippen molar-refractivity contribution in [1.82, 2.24) is 0 Å². The highest BCUT2D eigenvalue weighted by atomic mass is 16.7. The molecule has 1 fully saturated rings. The van der Waals surface area contributed by atoms with Crippen LogP contribution in [0, 0.1) is 0 Å². The Labute approximate surface area is 329 Å². The summed E-state index contributed by atoms with van der Waals surface area (Å²) in [5, 5.41) is 12.0. The van der Waals surface area contributed by atoms with Gasteiger partial charge in [-0.3, -0.25) is 0 Å². The Balaban J connectivity index is 1.09. The monoisotopic (exact) mass is 758 g/mol. The van der Waals surface area contributed by atoms with Gasteiger partial charge in [-0.25, -0.2) is 0 Å². The quantitative estimate of drug-likeness (QED) is 0.0916. The van der Waals surface area contributed by atoms with E-state index in [2.05, 4.69) is 0 Å². The third-order valence-electron chi connectivity index (χ3n) is 9.79. The fraction of sp³-hybridized carbons (Fsp3) is 0.319. The SMILES string of the molecule is O[C@H]1[C@H](OC[C@H]2OC=C[C@@H](OCc3ccccc3)[C@@H]2OCc2ccccc2)O[C@H](COCc2ccccc2)[C@@H](OCc2ccccc2)[C@@H]1OCc1ccccc1. The van der Waals surface area contributed by atoms with Crippen molar-refractivity contribution >= 4 is 0 Å². The van der Waals surface area contributed by atoms with Gasteiger partial charge in [0.15, 0.2) is 12.4 Å². The van der Waals surface area contributed by atoms with Crippen molar-refractivity contribution in [3.8, 4) is 0 Å². The molecule has 8 atom stereocenters. The maximum Gasteiger partial charge on any atom is 0.186 e. The first-order chi connectivity index (χ1) is 27.7. The van der Waals surface area contributed by atoms with Crippen molar-refractivity contribution in [2.45, 2.75) is 82.1 Å². The fourth-order valence-electron chi connectivity index (χ4n) is 6.79. The van der Waals surface area contributed by atoms with Gasteiger partial charge in [0, 0.05) is 0 Å². The van der Waals surface area contributed by atoms with Crippen molar-refractivity contribution in [3.63, 3.8) is 0 Å². The number of hydrogen-bond donors (Lipinski definition) is 1. The highest BCUT2D eigenvalue weighted by Gasteiger charge is 2.48. The van der Waals surface area contributed by atoms with Gasteiger partial charge in [0.1, 0.15) is 36.6 Å². The molecule has 0 bridgehead atoms. The first-order valence-corrected chi connectivity index (χ1v) is 19.2. The van der Waals surface area contributed by atoms with Crippen molar-refractivity contribution in [2.75, 3.05) is 13.2 Å². The van der Waals surface area contributed by atoms with Crippen molar-refractivity contribution in [1.29, 1.82) is 0 Å². The van der Waals surface area contributed by atoms with Gasteiger partial charge >= 0.3 is 0 Å². The molecule has 56 heavy (non-hydrogen) atoms. The summed E-state index contributed by atoms with van der Waals surface area (Å²) in [4.78, 5) is 0. The topological polar surface area (TPSA) is 94.1 Å². The predicted octanol–water partition coefficient (Wildman–Crippen LogP) is 7.56. The molecule has 1 N–H and O–H groups in total. The number of benzene rings is 5. The van der Waals surface area contributed by atoms with Crippen LogP contribution in [0.3, 0.4) is 0 Å². The molecular weight excluding hydrogens is 709 g/mol. The van der Waals surface area contributed by atoms with Crippen LogP contribution in [0.25, 0.3) is 0 Å². The summed E-state index contributed by atoms with van der Waals surface area (Å²) in [6, 6.07) is 49.7. The van der Waals surface area contributed by atoms with E-state index < -0.39 is 49.0 Å². The molecule has 0 unspecified atom stereocenters. The van der Waals surface area contributed by atoms with E-state index in [4.69, 9.17) is 37.9 Å². The molecule has 0 aliphatic carbocycles. The van der Waals surface area contributed by atoms with E-state index in [-0.39, 0.29) is 19.8 Å². The van der Waals surface area contributed by atoms with Gasteiger partial charge in [-0.1, -0.05) is 152 Å². The summed E-state index contributed by atoms with van der Waals surface area (Å²) in [6.45, 7) is 1.88. The van der Waals surface area contributed by atoms with E-state index in [1.165, 1.54) is 0 Å². The van der Waals surface area contributed by atoms with Gasteiger partial charge in [0.05, 0.1) is 52.5 Å². The van der Waals surface area contributed by atoms with Gasteiger partial charge in [-0.2, -0.15) is 0 Å². The number of ether oxygens (including phenoxy) is 8. The zero-order valence-electron chi connectivity index (χ0n) is 31.4. The van der Waals surface area contributed by atoms with E-state index >= 15 is 0 Å². The summed E-state index contributed by atoms with van der Waals surface area (Å²) < 4.78 is 51.4. The summed E-state index contributed by atoms with van der Waals surface area (Å²) in [5.41, 5.74) is 5.05. The van der Waals surface area contributed by atoms with Crippen LogP contribution in [0.5, 0.6) is 0 Å². The van der Waals surface area contributed by atoms with Gasteiger partial charge in [0.2, 0.25) is 0 Å². The molecule has 5 aromatic carbocycles. The molecule has 2 heterocycles. The Morgan fingerprint density at radius 2 is 0.857 bits per heavy atom. The molecule has 5 aromatic rings. The van der Waals surface area contributed by atoms with Crippen LogP contribution in [0.1, 0.15) is 27.8 Å². The molecular formula is C47H50O9. The Morgan fingerprint density at radius 1 is 0.429 bits per heavy atom. The molecule has 7 rings (SSSR count). The lowest BCUT2D eigenvalue weighted by molar-refractivity contribution is -0.323. The first kappa shape index (κ1) is 39.6. The van der Waals surface area contributed by atoms with E-state index in [9.17, 15) is 5.11 Å². The molecule has 2 aliphatic rings. The first-order valence-electron chi connectivity index (χ1n) is 19.2. The average Bonchev–Trinajstić information content (AvgIpc) is 3.26. The number of hydrogen-bond acceptors (Lipinski definition) is 9. The van der Waals surface area contributed by atoms with Crippen LogP contribution in [-0.2, 0) is 70.9 Å². The van der Waals surface area contributed by atoms with Gasteiger partial charge < -0.3 is 43.0 Å². The standard InChI is InChI=1S/C47H50O9/c48-43-46(54-32-39-24-14-5-15-25-39)45(53-31-38-22-12-4-13-23-38)42(33-49-28-35-16-6-1-7-17-35)56-47(43)55-34-41-44(52-30-37-20-10-3-11-21-37)40(26-27-50-41)51-29-36-18-8-2-9-19-36/h1-27,40-48H,28-34H2/t40-,41-,42-,43-,44+,45-,46-,47-/m1/s1. The third kappa shape index (κ3) is 11.4. The van der Waals surface area contributed by atoms with Crippen LogP contribution in [-0.4, -0.2) is 67.3 Å². The van der Waals surface area contributed by atoms with Crippen LogP contribution in [0.15, 0.2) is 164 Å². The molecule has 9 heteroatoms. The molecule has 0 radical (unpaired) electrons. The van der Waals surface area contributed by atoms with Crippen LogP contribution >= 0.6 is 0 Å². The van der Waals surface area contributed by atoms with E-state index in [1.54, 1.807) is 6.26 Å². The zero-order valence-corrected chi connectivity index (χ0v) is 31.4. The van der Waals surface area contributed by atoms with E-state index in [0.717, 1.165) is 27.8 Å². The number of rotatable bonds is 19. The average molecular weight is 759 g/mol. The molecule has 292 valence electrons. The lowest BCUT2D eigenvalue weighted by Crippen LogP contribution is -2.61. The Bertz CT molecular complexity index is 1850. The summed E-state index contributed by atoms with van der Waals surface area (Å²) in [6.07, 6.45) is -2.48. The zero-order chi connectivity index (χ0) is 38.2. The largest absolute Gasteiger partial charge is 0.493 e. The normalized spacial score (nSPS) is 24.7. The minimum absolute atomic E-state index is 0.0370. The van der Waals surface area contributed by atoms with Crippen molar-refractivity contribution in [2.24, 2.45) is 0 Å². The minimum Gasteiger partial charge on any atom is -0.493 e. The lowest BCUT2D eigenvalue weighted by Gasteiger charge is -2.44. The van der Waals surface area contributed by atoms with Gasteiger partial charge in [-0.15, -0.1) is 0 Å². The van der Waals surface area contributed by atoms with Crippen LogP contribution in [0.2, 0.25) is 0 Å². The number of aliphatic hydroxyl groups is 1. The lowest BCUT2D eigenvalue weighted by atomic mass is 9.98. The number of aliphatic hydroxyl groups excluding tert-OH is 1. The molecule has 2 aliphatic heterocycles. The highest BCUT2D eigenvalue weighted by molar-refractivity contribution is 5.17. The Kier molecular flexibility index (Phi) is 14.8. The fourth-order valence-corrected chi connectivity index (χ4v) is 6.79. The van der Waals surface area contributed by atoms with Crippen molar-refractivity contribution in [3.05, 3.63) is 192 Å². The second-order valence-corrected chi connectivity index (χ2v) is 13.9. The second kappa shape index (κ2) is 21.0. The Morgan fingerprint density at radius 3 is 1.36 bits per heavy atom. The van der Waals surface area contributed by atoms with Gasteiger partial charge in [-0.05, 0) is 33.9 Å². The minimum atomic E-state index is -1.21. The Hall–Kier alpha value is -4.68. The van der Waals surface area contributed by atoms with Crippen molar-refractivity contribution < 1.29 is 43.0 Å². The van der Waals surface area contributed by atoms with E-state index in [0.29, 0.717) is 26.4 Å². The highest BCUT2D eigenvalue weighted by Crippen LogP contribution is 2.30. The maximum atomic E-state index is 12.0. The molecule has 0 saturated carbocycles. The summed E-state index contributed by atoms with van der Waals surface area (Å²) in [7, 11) is 0. The van der Waals surface area contributed by atoms with Gasteiger partial charge in [0.25, 0.3) is 0 Å². The maximum absolute atomic E-state index is 12.0. The molecule has 0 amide bonds. The molecule has 0 spiro atoms. The smallest absolute Gasteiger partial charge is 0.186 e. The summed E-state index contributed by atoms with van der Waals surface area (Å²) >= 11 is 0. The van der Waals surface area contributed by atoms with Crippen LogP contribution < -0.4 is 0 Å². The molecule has 1 saturated heterocycles. The third-order valence-corrected chi connectivity index (χ3v) is 9.79. The van der Waals surface area contributed by atoms with Crippen LogP contribution in [0.4, 0.5) is 0 Å². The molecule has 0 aromatic heterocycles. The predicted molar refractivity (Wildman–Crippen MR) is 211 cm³/mol. The van der Waals surface area contributed by atoms with E-state index in [1.807, 2.05) is 158 Å².